The number of nitrogens with one attached hydrogen (secondary N) is 2. The van der Waals surface area contributed by atoms with Gasteiger partial charge in [-0.15, -0.1) is 0 Å². The number of para-hydroxylation sites is 1. The number of hydrogen-bond donors (Lipinski definition) is 5. The molecular weight excluding hydrogens is 484 g/mol. The molecule has 6 N–H and O–H groups in total. The van der Waals surface area contributed by atoms with E-state index >= 15 is 0 Å². The zero-order chi connectivity index (χ0) is 27.5. The summed E-state index contributed by atoms with van der Waals surface area (Å²) in [5, 5.41) is 27.7. The maximum absolute atomic E-state index is 11.9. The van der Waals surface area contributed by atoms with Crippen molar-refractivity contribution in [1.29, 1.82) is 0 Å². The fraction of sp³-hybridized carbons (Fsp3) is 0.485. The van der Waals surface area contributed by atoms with Crippen LogP contribution in [-0.4, -0.2) is 45.4 Å². The molecule has 0 spiro atoms. The first-order valence-electron chi connectivity index (χ1n) is 14.5. The Morgan fingerprint density at radius 3 is 2.64 bits per heavy atom. The Kier molecular flexibility index (Phi) is 8.15. The fourth-order valence-corrected chi connectivity index (χ4v) is 7.08. The Hall–Kier alpha value is -3.09. The predicted octanol–water partition coefficient (Wildman–Crippen LogP) is 5.11. The Balaban J connectivity index is 1.21. The van der Waals surface area contributed by atoms with Crippen LogP contribution in [0.4, 0.5) is 0 Å². The highest BCUT2D eigenvalue weighted by Gasteiger charge is 2.54. The van der Waals surface area contributed by atoms with E-state index in [0.717, 1.165) is 50.6 Å². The second-order valence-electron chi connectivity index (χ2n) is 12.1. The number of aliphatic hydroxyl groups is 2. The second-order valence-corrected chi connectivity index (χ2v) is 12.1. The summed E-state index contributed by atoms with van der Waals surface area (Å²) in [6.45, 7) is 7.65. The third-order valence-corrected chi connectivity index (χ3v) is 9.37. The van der Waals surface area contributed by atoms with Gasteiger partial charge in [0.1, 0.15) is 0 Å². The zero-order valence-corrected chi connectivity index (χ0v) is 23.2. The normalized spacial score (nSPS) is 29.2. The van der Waals surface area contributed by atoms with Gasteiger partial charge in [0, 0.05) is 30.7 Å². The molecule has 2 aliphatic carbocycles. The first kappa shape index (κ1) is 27.5. The highest BCUT2D eigenvalue weighted by Crippen LogP contribution is 2.54. The van der Waals surface area contributed by atoms with Crippen LogP contribution in [0.25, 0.3) is 10.9 Å². The molecule has 6 heteroatoms. The standard InChI is InChI=1S/C33H44N4O2/c1-23(20-27-21-26-10-6-7-11-30(26)37-27)25-12-15-32(2,38)28-13-16-33(39,29(28)22-25)17-19-36-31(34)35-18-14-24-8-4-3-5-9-24/h3-11,21,25,28-29,37-39H,1,12-20,22H2,2H3,(H3,34,35,36). The lowest BCUT2D eigenvalue weighted by Gasteiger charge is -2.37. The molecule has 2 aliphatic rings. The van der Waals surface area contributed by atoms with Crippen LogP contribution in [0.15, 0.2) is 77.8 Å². The molecule has 5 unspecified atom stereocenters. The van der Waals surface area contributed by atoms with Crippen LogP contribution in [0.3, 0.4) is 0 Å². The van der Waals surface area contributed by atoms with Crippen molar-refractivity contribution in [2.75, 3.05) is 13.1 Å². The van der Waals surface area contributed by atoms with Gasteiger partial charge in [0.2, 0.25) is 0 Å². The number of H-pyrrole nitrogens is 1. The van der Waals surface area contributed by atoms with E-state index < -0.39 is 11.2 Å². The number of guanidine groups is 1. The van der Waals surface area contributed by atoms with E-state index in [1.54, 1.807) is 0 Å². The van der Waals surface area contributed by atoms with Crippen LogP contribution in [0.1, 0.15) is 56.7 Å². The van der Waals surface area contributed by atoms with Gasteiger partial charge < -0.3 is 26.2 Å². The molecule has 208 valence electrons. The van der Waals surface area contributed by atoms with Crippen LogP contribution in [0, 0.1) is 17.8 Å². The van der Waals surface area contributed by atoms with Crippen LogP contribution >= 0.6 is 0 Å². The quantitative estimate of drug-likeness (QED) is 0.151. The number of benzene rings is 2. The number of rotatable bonds is 9. The summed E-state index contributed by atoms with van der Waals surface area (Å²) in [5.41, 5.74) is 9.23. The lowest BCUT2D eigenvalue weighted by molar-refractivity contribution is -0.0637. The Bertz CT molecular complexity index is 1260. The van der Waals surface area contributed by atoms with Gasteiger partial charge >= 0.3 is 0 Å². The van der Waals surface area contributed by atoms with Crippen molar-refractivity contribution in [2.45, 2.75) is 69.5 Å². The topological polar surface area (TPSA) is 107 Å². The van der Waals surface area contributed by atoms with Crippen LogP contribution < -0.4 is 11.1 Å². The van der Waals surface area contributed by atoms with Crippen LogP contribution in [0.2, 0.25) is 0 Å². The summed E-state index contributed by atoms with van der Waals surface area (Å²) in [7, 11) is 0. The molecule has 0 amide bonds. The van der Waals surface area contributed by atoms with Crippen molar-refractivity contribution in [3.8, 4) is 0 Å². The first-order chi connectivity index (χ1) is 18.7. The third kappa shape index (κ3) is 6.39. The number of aromatic nitrogens is 1. The molecule has 3 aromatic rings. The van der Waals surface area contributed by atoms with Crippen molar-refractivity contribution >= 4 is 16.9 Å². The number of nitrogens with two attached hydrogens (primary N) is 1. The average molecular weight is 529 g/mol. The first-order valence-corrected chi connectivity index (χ1v) is 14.5. The molecule has 0 aliphatic heterocycles. The SMILES string of the molecule is C=C(Cc1cc2ccccc2[nH]1)C1CCC(C)(O)C2CCC(O)(CCN=C(N)NCCc3ccccc3)C2C1. The monoisotopic (exact) mass is 528 g/mol. The minimum atomic E-state index is -0.855. The molecule has 2 saturated carbocycles. The zero-order valence-electron chi connectivity index (χ0n) is 23.2. The summed E-state index contributed by atoms with van der Waals surface area (Å²) in [6.07, 6.45) is 6.22. The van der Waals surface area contributed by atoms with E-state index in [4.69, 9.17) is 5.73 Å². The predicted molar refractivity (Wildman–Crippen MR) is 160 cm³/mol. The van der Waals surface area contributed by atoms with Gasteiger partial charge in [0.05, 0.1) is 11.2 Å². The fourth-order valence-electron chi connectivity index (χ4n) is 7.08. The Labute approximate surface area is 232 Å². The van der Waals surface area contributed by atoms with Gasteiger partial charge in [-0.3, -0.25) is 4.99 Å². The van der Waals surface area contributed by atoms with Crippen molar-refractivity contribution in [3.05, 3.63) is 84.1 Å². The van der Waals surface area contributed by atoms with Gasteiger partial charge in [-0.1, -0.05) is 60.7 Å². The number of nitrogens with zero attached hydrogens (tertiary/aromatic N) is 1. The van der Waals surface area contributed by atoms with Gasteiger partial charge in [0.25, 0.3) is 0 Å². The largest absolute Gasteiger partial charge is 0.390 e. The smallest absolute Gasteiger partial charge is 0.188 e. The molecule has 39 heavy (non-hydrogen) atoms. The molecule has 2 fully saturated rings. The second kappa shape index (κ2) is 11.6. The summed E-state index contributed by atoms with van der Waals surface area (Å²) in [6, 6.07) is 20.8. The molecular formula is C33H44N4O2. The van der Waals surface area contributed by atoms with E-state index in [2.05, 4.69) is 58.3 Å². The Morgan fingerprint density at radius 2 is 1.85 bits per heavy atom. The molecule has 2 aromatic carbocycles. The van der Waals surface area contributed by atoms with Gasteiger partial charge in [-0.05, 0) is 92.7 Å². The number of hydrogen-bond acceptors (Lipinski definition) is 3. The lowest BCUT2D eigenvalue weighted by atomic mass is 9.74. The minimum Gasteiger partial charge on any atom is -0.390 e. The molecule has 0 bridgehead atoms. The van der Waals surface area contributed by atoms with Crippen LogP contribution in [-0.2, 0) is 12.8 Å². The number of allylic oxidation sites excluding steroid dienone is 1. The van der Waals surface area contributed by atoms with Gasteiger partial charge in [0.15, 0.2) is 5.96 Å². The summed E-state index contributed by atoms with van der Waals surface area (Å²) >= 11 is 0. The van der Waals surface area contributed by atoms with Gasteiger partial charge in [-0.25, -0.2) is 0 Å². The molecule has 5 atom stereocenters. The highest BCUT2D eigenvalue weighted by molar-refractivity contribution is 5.80. The molecule has 6 nitrogen and oxygen atoms in total. The third-order valence-electron chi connectivity index (χ3n) is 9.37. The minimum absolute atomic E-state index is 0.0157. The summed E-state index contributed by atoms with van der Waals surface area (Å²) in [5.74, 6) is 0.776. The van der Waals surface area contributed by atoms with Crippen molar-refractivity contribution in [3.63, 3.8) is 0 Å². The van der Waals surface area contributed by atoms with E-state index in [0.29, 0.717) is 25.3 Å². The average Bonchev–Trinajstić information content (AvgIpc) is 3.43. The highest BCUT2D eigenvalue weighted by atomic mass is 16.3. The molecule has 1 aromatic heterocycles. The lowest BCUT2D eigenvalue weighted by Crippen LogP contribution is -2.43. The van der Waals surface area contributed by atoms with Gasteiger partial charge in [-0.2, -0.15) is 0 Å². The van der Waals surface area contributed by atoms with Crippen molar-refractivity contribution in [2.24, 2.45) is 28.5 Å². The maximum Gasteiger partial charge on any atom is 0.188 e. The number of fused-ring (bicyclic) bond motifs is 2. The molecule has 1 heterocycles. The maximum atomic E-state index is 11.9. The van der Waals surface area contributed by atoms with E-state index in [1.807, 2.05) is 31.2 Å². The summed E-state index contributed by atoms with van der Waals surface area (Å²) in [4.78, 5) is 8.06. The van der Waals surface area contributed by atoms with E-state index in [1.165, 1.54) is 22.2 Å². The Morgan fingerprint density at radius 1 is 1.08 bits per heavy atom. The number of aromatic amines is 1. The molecule has 0 radical (unpaired) electrons. The van der Waals surface area contributed by atoms with E-state index in [-0.39, 0.29) is 17.8 Å². The van der Waals surface area contributed by atoms with Crippen molar-refractivity contribution < 1.29 is 10.2 Å². The van der Waals surface area contributed by atoms with Crippen LogP contribution in [0.5, 0.6) is 0 Å². The number of aliphatic imine (C=N–C) groups is 1. The molecule has 5 rings (SSSR count). The summed E-state index contributed by atoms with van der Waals surface area (Å²) < 4.78 is 0. The molecule has 0 saturated heterocycles. The van der Waals surface area contributed by atoms with Crippen molar-refractivity contribution in [1.82, 2.24) is 10.3 Å². The van der Waals surface area contributed by atoms with E-state index in [9.17, 15) is 10.2 Å².